The Morgan fingerprint density at radius 1 is 1.25 bits per heavy atom. The van der Waals surface area contributed by atoms with Gasteiger partial charge in [0.15, 0.2) is 5.82 Å². The molecule has 2 atom stereocenters. The zero-order valence-electron chi connectivity index (χ0n) is 14.7. The van der Waals surface area contributed by atoms with Gasteiger partial charge in [-0.1, -0.05) is 11.6 Å². The lowest BCUT2D eigenvalue weighted by Crippen LogP contribution is -2.53. The van der Waals surface area contributed by atoms with Crippen molar-refractivity contribution in [3.8, 4) is 0 Å². The molecule has 1 N–H and O–H groups in total. The predicted molar refractivity (Wildman–Crippen MR) is 99.2 cm³/mol. The Hall–Kier alpha value is -2.48. The topological polar surface area (TPSA) is 56.7 Å². The Morgan fingerprint density at radius 2 is 1.96 bits per heavy atom. The van der Waals surface area contributed by atoms with Crippen molar-refractivity contribution in [2.24, 2.45) is 5.92 Å². The van der Waals surface area contributed by atoms with Gasteiger partial charge in [0.2, 0.25) is 0 Å². The molecule has 0 amide bonds. The van der Waals surface area contributed by atoms with Gasteiger partial charge in [-0.3, -0.25) is 4.79 Å². The van der Waals surface area contributed by atoms with E-state index in [1.54, 1.807) is 6.07 Å². The molecule has 1 fully saturated rings. The van der Waals surface area contributed by atoms with Crippen molar-refractivity contribution < 1.29 is 23.1 Å². The van der Waals surface area contributed by atoms with Gasteiger partial charge in [0.25, 0.3) is 0 Å². The number of pyridine rings is 1. The molecule has 0 saturated carbocycles. The van der Waals surface area contributed by atoms with E-state index < -0.39 is 23.6 Å². The SMILES string of the molecule is O=C(O)[C@@H]1CCN2c3ncc(Cl)cc3N(c3ccc(C(F)(F)F)cc3)C[C@@H]2C1. The van der Waals surface area contributed by atoms with Crippen molar-refractivity contribution in [3.05, 3.63) is 47.1 Å². The lowest BCUT2D eigenvalue weighted by molar-refractivity contribution is -0.142. The minimum absolute atomic E-state index is 0.0988. The molecule has 28 heavy (non-hydrogen) atoms. The Morgan fingerprint density at radius 3 is 2.61 bits per heavy atom. The summed E-state index contributed by atoms with van der Waals surface area (Å²) in [7, 11) is 0. The Kier molecular flexibility index (Phi) is 4.61. The smallest absolute Gasteiger partial charge is 0.416 e. The number of fused-ring (bicyclic) bond motifs is 3. The van der Waals surface area contributed by atoms with E-state index in [-0.39, 0.29) is 6.04 Å². The average molecular weight is 412 g/mol. The number of carbonyl (C=O) groups is 1. The van der Waals surface area contributed by atoms with Crippen LogP contribution in [0, 0.1) is 5.92 Å². The van der Waals surface area contributed by atoms with Crippen LogP contribution < -0.4 is 9.80 Å². The minimum atomic E-state index is -4.40. The van der Waals surface area contributed by atoms with Crippen LogP contribution in [0.5, 0.6) is 0 Å². The second-order valence-electron chi connectivity index (χ2n) is 7.06. The third-order valence-corrected chi connectivity index (χ3v) is 5.55. The van der Waals surface area contributed by atoms with Gasteiger partial charge in [0.1, 0.15) is 0 Å². The van der Waals surface area contributed by atoms with Gasteiger partial charge in [0, 0.05) is 31.0 Å². The third kappa shape index (κ3) is 3.37. The standard InChI is InChI=1S/C19H17ClF3N3O2/c20-13-8-16-17(24-9-13)25-6-5-11(18(27)28)7-15(25)10-26(16)14-3-1-12(2-4-14)19(21,22)23/h1-4,8-9,11,15H,5-7,10H2,(H,27,28)/t11-,15+/m1/s1. The summed E-state index contributed by atoms with van der Waals surface area (Å²) in [6, 6.07) is 6.56. The molecule has 0 aliphatic carbocycles. The molecule has 148 valence electrons. The van der Waals surface area contributed by atoms with Crippen molar-refractivity contribution in [3.63, 3.8) is 0 Å². The van der Waals surface area contributed by atoms with Gasteiger partial charge in [-0.2, -0.15) is 13.2 Å². The number of aliphatic carboxylic acids is 1. The zero-order valence-corrected chi connectivity index (χ0v) is 15.4. The summed E-state index contributed by atoms with van der Waals surface area (Å²) in [5.41, 5.74) is 0.565. The van der Waals surface area contributed by atoms with Crippen LogP contribution in [0.4, 0.5) is 30.4 Å². The van der Waals surface area contributed by atoms with E-state index in [0.717, 1.165) is 12.1 Å². The summed E-state index contributed by atoms with van der Waals surface area (Å²) < 4.78 is 38.7. The van der Waals surface area contributed by atoms with Gasteiger partial charge >= 0.3 is 12.1 Å². The number of benzene rings is 1. The van der Waals surface area contributed by atoms with E-state index >= 15 is 0 Å². The Labute approximate surface area is 164 Å². The number of carboxylic acid groups (broad SMARTS) is 1. The monoisotopic (exact) mass is 411 g/mol. The molecule has 3 heterocycles. The second-order valence-corrected chi connectivity index (χ2v) is 7.49. The maximum absolute atomic E-state index is 12.9. The van der Waals surface area contributed by atoms with E-state index in [1.165, 1.54) is 18.3 Å². The fraction of sp³-hybridized carbons (Fsp3) is 0.368. The molecule has 0 unspecified atom stereocenters. The number of nitrogens with zero attached hydrogens (tertiary/aromatic N) is 3. The highest BCUT2D eigenvalue weighted by molar-refractivity contribution is 6.30. The molecular formula is C19H17ClF3N3O2. The van der Waals surface area contributed by atoms with E-state index in [0.29, 0.717) is 48.1 Å². The quantitative estimate of drug-likeness (QED) is 0.784. The Bertz CT molecular complexity index is 904. The van der Waals surface area contributed by atoms with Crippen molar-refractivity contribution >= 4 is 34.8 Å². The normalized spacial score (nSPS) is 21.9. The first-order valence-electron chi connectivity index (χ1n) is 8.84. The lowest BCUT2D eigenvalue weighted by Gasteiger charge is -2.47. The summed E-state index contributed by atoms with van der Waals surface area (Å²) in [5.74, 6) is -0.593. The number of aromatic nitrogens is 1. The number of rotatable bonds is 2. The number of alkyl halides is 3. The number of piperidine rings is 1. The van der Waals surface area contributed by atoms with Crippen LogP contribution in [0.25, 0.3) is 0 Å². The minimum Gasteiger partial charge on any atom is -0.481 e. The van der Waals surface area contributed by atoms with E-state index in [1.807, 2.05) is 4.90 Å². The molecule has 2 aliphatic heterocycles. The highest BCUT2D eigenvalue weighted by Crippen LogP contribution is 2.43. The maximum atomic E-state index is 12.9. The summed E-state index contributed by atoms with van der Waals surface area (Å²) in [6.45, 7) is 1.01. The molecule has 1 saturated heterocycles. The van der Waals surface area contributed by atoms with Crippen LogP contribution >= 0.6 is 11.6 Å². The van der Waals surface area contributed by atoms with Crippen LogP contribution in [0.15, 0.2) is 36.5 Å². The average Bonchev–Trinajstić information content (AvgIpc) is 2.66. The first-order chi connectivity index (χ1) is 13.2. The molecular weight excluding hydrogens is 395 g/mol. The molecule has 0 spiro atoms. The predicted octanol–water partition coefficient (Wildman–Crippen LogP) is 4.58. The molecule has 2 aliphatic rings. The van der Waals surface area contributed by atoms with Crippen LogP contribution in [0.1, 0.15) is 18.4 Å². The van der Waals surface area contributed by atoms with Crippen LogP contribution in [0.3, 0.4) is 0 Å². The van der Waals surface area contributed by atoms with Crippen LogP contribution in [0.2, 0.25) is 5.02 Å². The summed E-state index contributed by atoms with van der Waals surface area (Å²) >= 11 is 6.12. The van der Waals surface area contributed by atoms with E-state index in [4.69, 9.17) is 11.6 Å². The van der Waals surface area contributed by atoms with Crippen molar-refractivity contribution in [1.29, 1.82) is 0 Å². The van der Waals surface area contributed by atoms with Gasteiger partial charge in [-0.15, -0.1) is 0 Å². The number of carboxylic acids is 1. The molecule has 0 radical (unpaired) electrons. The van der Waals surface area contributed by atoms with Gasteiger partial charge in [-0.25, -0.2) is 4.98 Å². The highest BCUT2D eigenvalue weighted by Gasteiger charge is 2.39. The van der Waals surface area contributed by atoms with Gasteiger partial charge < -0.3 is 14.9 Å². The van der Waals surface area contributed by atoms with Crippen LogP contribution in [-0.4, -0.2) is 35.2 Å². The molecule has 5 nitrogen and oxygen atoms in total. The van der Waals surface area contributed by atoms with Crippen LogP contribution in [-0.2, 0) is 11.0 Å². The fourth-order valence-corrected chi connectivity index (χ4v) is 4.10. The summed E-state index contributed by atoms with van der Waals surface area (Å²) in [6.07, 6.45) is -1.90. The summed E-state index contributed by atoms with van der Waals surface area (Å²) in [4.78, 5) is 19.8. The largest absolute Gasteiger partial charge is 0.481 e. The molecule has 1 aromatic heterocycles. The van der Waals surface area contributed by atoms with E-state index in [2.05, 4.69) is 9.88 Å². The molecule has 1 aromatic carbocycles. The fourth-order valence-electron chi connectivity index (χ4n) is 3.95. The molecule has 2 aromatic rings. The first kappa shape index (κ1) is 18.9. The summed E-state index contributed by atoms with van der Waals surface area (Å²) in [5, 5.41) is 9.80. The lowest BCUT2D eigenvalue weighted by atomic mass is 9.89. The van der Waals surface area contributed by atoms with Crippen molar-refractivity contribution in [1.82, 2.24) is 4.98 Å². The highest BCUT2D eigenvalue weighted by atomic mass is 35.5. The van der Waals surface area contributed by atoms with Crippen molar-refractivity contribution in [2.75, 3.05) is 22.9 Å². The van der Waals surface area contributed by atoms with E-state index in [9.17, 15) is 23.1 Å². The number of hydrogen-bond acceptors (Lipinski definition) is 4. The maximum Gasteiger partial charge on any atom is 0.416 e. The zero-order chi connectivity index (χ0) is 20.1. The number of halogens is 4. The first-order valence-corrected chi connectivity index (χ1v) is 9.21. The van der Waals surface area contributed by atoms with Gasteiger partial charge in [0.05, 0.1) is 22.2 Å². The second kappa shape index (κ2) is 6.84. The molecule has 4 rings (SSSR count). The van der Waals surface area contributed by atoms with Gasteiger partial charge in [-0.05, 0) is 43.2 Å². The Balaban J connectivity index is 1.72. The number of anilines is 3. The third-order valence-electron chi connectivity index (χ3n) is 5.34. The molecule has 9 heteroatoms. The molecule has 0 bridgehead atoms. The number of hydrogen-bond donors (Lipinski definition) is 1. The van der Waals surface area contributed by atoms with Crippen molar-refractivity contribution in [2.45, 2.75) is 25.1 Å².